The van der Waals surface area contributed by atoms with Crippen LogP contribution in [0.4, 0.5) is 17.6 Å². The number of hydrogen-bond donors (Lipinski definition) is 0. The van der Waals surface area contributed by atoms with Gasteiger partial charge in [-0.05, 0) is 19.1 Å². The van der Waals surface area contributed by atoms with Crippen molar-refractivity contribution in [3.63, 3.8) is 0 Å². The first-order valence-corrected chi connectivity index (χ1v) is 6.51. The van der Waals surface area contributed by atoms with Crippen LogP contribution in [0.15, 0.2) is 37.2 Å². The van der Waals surface area contributed by atoms with Gasteiger partial charge in [0.15, 0.2) is 11.9 Å². The Morgan fingerprint density at radius 1 is 1.12 bits per heavy atom. The predicted molar refractivity (Wildman–Crippen MR) is 79.1 cm³/mol. The Morgan fingerprint density at radius 3 is 2.54 bits per heavy atom. The van der Waals surface area contributed by atoms with Crippen molar-refractivity contribution in [2.45, 2.75) is 26.6 Å². The average Bonchev–Trinajstić information content (AvgIpc) is 2.95. The lowest BCUT2D eigenvalue weighted by Gasteiger charge is -2.17. The zero-order chi connectivity index (χ0) is 16.6. The normalized spacial score (nSPS) is 12.7. The van der Waals surface area contributed by atoms with Crippen molar-refractivity contribution in [1.29, 1.82) is 0 Å². The molecule has 0 radical (unpaired) electrons. The lowest BCUT2D eigenvalue weighted by molar-refractivity contribution is -0.190. The van der Waals surface area contributed by atoms with Gasteiger partial charge in [-0.25, -0.2) is 19.3 Å². The number of aromatic nitrogens is 4. The molecule has 0 aliphatic carbocycles. The Kier molecular flexibility index (Phi) is 4.72. The van der Waals surface area contributed by atoms with Crippen molar-refractivity contribution in [1.82, 2.24) is 19.4 Å². The maximum atomic E-state index is 13.9. The van der Waals surface area contributed by atoms with E-state index < -0.39 is 24.0 Å². The maximum Gasteiger partial charge on any atom is 0.425 e. The summed E-state index contributed by atoms with van der Waals surface area (Å²) in [4.78, 5) is 11.7. The van der Waals surface area contributed by atoms with Crippen LogP contribution in [0.2, 0.25) is 0 Å². The van der Waals surface area contributed by atoms with Gasteiger partial charge < -0.3 is 4.74 Å². The van der Waals surface area contributed by atoms with Gasteiger partial charge >= 0.3 is 6.18 Å². The summed E-state index contributed by atoms with van der Waals surface area (Å²) in [6, 6.07) is 2.68. The number of alkyl halides is 3. The molecule has 0 fully saturated rings. The van der Waals surface area contributed by atoms with Crippen molar-refractivity contribution in [3.8, 4) is 17.1 Å². The molecule has 0 bridgehead atoms. The minimum absolute atomic E-state index is 0. The average molecular weight is 342 g/mol. The number of hydrogen-bond acceptors (Lipinski definition) is 4. The summed E-state index contributed by atoms with van der Waals surface area (Å²) >= 11 is 0. The molecule has 5 nitrogen and oxygen atoms in total. The first kappa shape index (κ1) is 17.6. The molecule has 0 unspecified atom stereocenters. The molecule has 0 aromatic carbocycles. The summed E-state index contributed by atoms with van der Waals surface area (Å²) in [6.45, 7) is 0.782. The molecular formula is C15H14F4N4O. The molecule has 3 heterocycles. The number of fused-ring (bicyclic) bond motifs is 1. The monoisotopic (exact) mass is 342 g/mol. The molecule has 3 aromatic rings. The van der Waals surface area contributed by atoms with Crippen molar-refractivity contribution in [2.75, 3.05) is 0 Å². The highest BCUT2D eigenvalue weighted by atomic mass is 19.4. The molecule has 0 saturated heterocycles. The van der Waals surface area contributed by atoms with E-state index in [4.69, 9.17) is 0 Å². The molecule has 128 valence electrons. The smallest absolute Gasteiger partial charge is 0.425 e. The Morgan fingerprint density at radius 2 is 1.88 bits per heavy atom. The van der Waals surface area contributed by atoms with E-state index in [1.807, 2.05) is 0 Å². The van der Waals surface area contributed by atoms with E-state index in [1.54, 1.807) is 23.0 Å². The van der Waals surface area contributed by atoms with Crippen LogP contribution in [0.1, 0.15) is 14.4 Å². The van der Waals surface area contributed by atoms with Gasteiger partial charge in [0.05, 0.1) is 17.4 Å². The van der Waals surface area contributed by atoms with Crippen molar-refractivity contribution < 1.29 is 22.3 Å². The summed E-state index contributed by atoms with van der Waals surface area (Å²) in [5.74, 6) is -1.70. The van der Waals surface area contributed by atoms with Crippen LogP contribution < -0.4 is 4.74 Å². The maximum absolute atomic E-state index is 13.9. The standard InChI is InChI=1S/C14H10F4N4O.CH4/c1-8(14(16,17)18)23-13-11(15)2-9(4-20-13)12-3-10-5-19-6-22(10)7-21-12;/h2-8H,1H3;1H4/t8-;/m0./s1. The van der Waals surface area contributed by atoms with Crippen LogP contribution in [0.3, 0.4) is 0 Å². The minimum Gasteiger partial charge on any atom is -0.463 e. The molecule has 3 rings (SSSR count). The van der Waals surface area contributed by atoms with Crippen LogP contribution in [-0.2, 0) is 0 Å². The number of ether oxygens (including phenoxy) is 1. The zero-order valence-corrected chi connectivity index (χ0v) is 11.8. The van der Waals surface area contributed by atoms with Gasteiger partial charge in [0, 0.05) is 11.8 Å². The highest BCUT2D eigenvalue weighted by Crippen LogP contribution is 2.27. The van der Waals surface area contributed by atoms with E-state index in [0.29, 0.717) is 11.3 Å². The second-order valence-electron chi connectivity index (χ2n) is 4.81. The van der Waals surface area contributed by atoms with Gasteiger partial charge in [0.1, 0.15) is 12.7 Å². The third-order valence-electron chi connectivity index (χ3n) is 3.15. The van der Waals surface area contributed by atoms with Gasteiger partial charge in [-0.3, -0.25) is 4.40 Å². The van der Waals surface area contributed by atoms with E-state index in [2.05, 4.69) is 19.7 Å². The van der Waals surface area contributed by atoms with Gasteiger partial charge in [-0.2, -0.15) is 13.2 Å². The summed E-state index contributed by atoms with van der Waals surface area (Å²) in [7, 11) is 0. The molecular weight excluding hydrogens is 328 g/mol. The van der Waals surface area contributed by atoms with Crippen molar-refractivity contribution in [3.05, 3.63) is 43.0 Å². The highest BCUT2D eigenvalue weighted by molar-refractivity contribution is 5.64. The van der Waals surface area contributed by atoms with Crippen molar-refractivity contribution in [2.24, 2.45) is 0 Å². The molecule has 0 aliphatic heterocycles. The van der Waals surface area contributed by atoms with Crippen LogP contribution in [-0.4, -0.2) is 31.6 Å². The third-order valence-corrected chi connectivity index (χ3v) is 3.15. The number of nitrogens with zero attached hydrogens (tertiary/aromatic N) is 4. The summed E-state index contributed by atoms with van der Waals surface area (Å²) in [5.41, 5.74) is 1.47. The Hall–Kier alpha value is -2.71. The topological polar surface area (TPSA) is 52.3 Å². The first-order valence-electron chi connectivity index (χ1n) is 6.51. The van der Waals surface area contributed by atoms with E-state index in [1.165, 1.54) is 12.5 Å². The molecule has 0 N–H and O–H groups in total. The van der Waals surface area contributed by atoms with Gasteiger partial charge in [-0.15, -0.1) is 0 Å². The minimum atomic E-state index is -4.60. The summed E-state index contributed by atoms with van der Waals surface area (Å²) in [5, 5.41) is 0. The fourth-order valence-corrected chi connectivity index (χ4v) is 1.87. The van der Waals surface area contributed by atoms with Crippen LogP contribution in [0.5, 0.6) is 5.88 Å². The van der Waals surface area contributed by atoms with E-state index in [-0.39, 0.29) is 7.43 Å². The van der Waals surface area contributed by atoms with E-state index in [9.17, 15) is 17.6 Å². The van der Waals surface area contributed by atoms with Gasteiger partial charge in [0.2, 0.25) is 0 Å². The summed E-state index contributed by atoms with van der Waals surface area (Å²) in [6.07, 6.45) is -0.904. The van der Waals surface area contributed by atoms with Gasteiger partial charge in [-0.1, -0.05) is 7.43 Å². The second-order valence-corrected chi connectivity index (χ2v) is 4.81. The zero-order valence-electron chi connectivity index (χ0n) is 11.8. The third kappa shape index (κ3) is 3.44. The number of imidazole rings is 1. The van der Waals surface area contributed by atoms with E-state index in [0.717, 1.165) is 18.5 Å². The van der Waals surface area contributed by atoms with Gasteiger partial charge in [0.25, 0.3) is 5.88 Å². The fourth-order valence-electron chi connectivity index (χ4n) is 1.87. The Bertz CT molecular complexity index is 847. The fraction of sp³-hybridized carbons (Fsp3) is 0.267. The second kappa shape index (κ2) is 6.42. The lowest BCUT2D eigenvalue weighted by Crippen LogP contribution is -2.31. The van der Waals surface area contributed by atoms with Crippen LogP contribution in [0, 0.1) is 5.82 Å². The first-order chi connectivity index (χ1) is 10.8. The quantitative estimate of drug-likeness (QED) is 0.678. The van der Waals surface area contributed by atoms with E-state index >= 15 is 0 Å². The molecule has 24 heavy (non-hydrogen) atoms. The Labute approximate surface area is 135 Å². The molecule has 3 aromatic heterocycles. The molecule has 0 saturated carbocycles. The lowest BCUT2D eigenvalue weighted by atomic mass is 10.2. The van der Waals surface area contributed by atoms with Crippen LogP contribution >= 0.6 is 0 Å². The predicted octanol–water partition coefficient (Wildman–Crippen LogP) is 3.90. The largest absolute Gasteiger partial charge is 0.463 e. The molecule has 0 amide bonds. The number of halogens is 4. The van der Waals surface area contributed by atoms with Crippen molar-refractivity contribution >= 4 is 5.52 Å². The Balaban J connectivity index is 0.00000208. The highest BCUT2D eigenvalue weighted by Gasteiger charge is 2.38. The SMILES string of the molecule is C.C[C@H](Oc1ncc(-c2cc3cncn3cn2)cc1F)C(F)(F)F. The molecule has 9 heteroatoms. The van der Waals surface area contributed by atoms with Crippen LogP contribution in [0.25, 0.3) is 16.8 Å². The number of pyridine rings is 1. The number of rotatable bonds is 3. The summed E-state index contributed by atoms with van der Waals surface area (Å²) < 4.78 is 57.4. The molecule has 1 atom stereocenters. The molecule has 0 spiro atoms. The molecule has 0 aliphatic rings.